The molecule has 1 aliphatic rings. The molecule has 0 bridgehead atoms. The second-order valence-corrected chi connectivity index (χ2v) is 9.23. The number of carbonyl (C=O) groups excluding carboxylic acids is 2. The average Bonchev–Trinajstić information content (AvgIpc) is 3.26. The lowest BCUT2D eigenvalue weighted by Crippen LogP contribution is -2.25. The maximum Gasteiger partial charge on any atom is 0.414 e. The predicted molar refractivity (Wildman–Crippen MR) is 128 cm³/mol. The minimum atomic E-state index is -4.05. The van der Waals surface area contributed by atoms with Crippen LogP contribution in [0, 0.1) is 6.92 Å². The van der Waals surface area contributed by atoms with Crippen molar-refractivity contribution in [3.05, 3.63) is 77.9 Å². The number of hydrogen-bond acceptors (Lipinski definition) is 6. The van der Waals surface area contributed by atoms with Gasteiger partial charge in [0.05, 0.1) is 25.0 Å². The smallest absolute Gasteiger partial charge is 0.414 e. The zero-order valence-electron chi connectivity index (χ0n) is 18.6. The van der Waals surface area contributed by atoms with Gasteiger partial charge in [0.2, 0.25) is 0 Å². The molecule has 0 aromatic heterocycles. The van der Waals surface area contributed by atoms with Crippen LogP contribution in [-0.4, -0.2) is 40.7 Å². The van der Waals surface area contributed by atoms with Gasteiger partial charge in [0.1, 0.15) is 17.3 Å². The normalized spacial score (nSPS) is 13.4. The first kappa shape index (κ1) is 23.1. The third-order valence-electron chi connectivity index (χ3n) is 5.22. The van der Waals surface area contributed by atoms with Gasteiger partial charge >= 0.3 is 6.09 Å². The molecule has 0 aliphatic carbocycles. The molecule has 2 amide bonds. The second kappa shape index (κ2) is 9.44. The van der Waals surface area contributed by atoms with Crippen molar-refractivity contribution in [2.24, 2.45) is 0 Å². The number of hydrogen-bond donors (Lipinski definition) is 2. The molecule has 0 saturated carbocycles. The summed E-state index contributed by atoms with van der Waals surface area (Å²) in [6.45, 7) is 2.52. The van der Waals surface area contributed by atoms with E-state index in [1.807, 2.05) is 6.92 Å². The van der Waals surface area contributed by atoms with Gasteiger partial charge in [-0.05, 0) is 49.4 Å². The van der Waals surface area contributed by atoms with Crippen LogP contribution in [0.2, 0.25) is 0 Å². The van der Waals surface area contributed by atoms with Gasteiger partial charge in [-0.2, -0.15) is 0 Å². The van der Waals surface area contributed by atoms with E-state index < -0.39 is 22.0 Å². The van der Waals surface area contributed by atoms with Crippen LogP contribution < -0.4 is 19.7 Å². The lowest BCUT2D eigenvalue weighted by atomic mass is 10.2. The molecule has 9 nitrogen and oxygen atoms in total. The fourth-order valence-corrected chi connectivity index (χ4v) is 4.74. The monoisotopic (exact) mass is 481 g/mol. The minimum absolute atomic E-state index is 0.0939. The highest BCUT2D eigenvalue weighted by Gasteiger charge is 2.27. The molecule has 2 N–H and O–H groups in total. The lowest BCUT2D eigenvalue weighted by molar-refractivity contribution is 0.102. The quantitative estimate of drug-likeness (QED) is 0.527. The van der Waals surface area contributed by atoms with Gasteiger partial charge in [-0.25, -0.2) is 13.2 Å². The summed E-state index contributed by atoms with van der Waals surface area (Å²) in [7, 11) is -2.70. The summed E-state index contributed by atoms with van der Waals surface area (Å²) in [6.07, 6.45) is -0.498. The lowest BCUT2D eigenvalue weighted by Gasteiger charge is -2.18. The highest BCUT2D eigenvalue weighted by atomic mass is 32.2. The number of methoxy groups -OCH3 is 1. The number of benzene rings is 3. The van der Waals surface area contributed by atoms with Crippen molar-refractivity contribution in [1.29, 1.82) is 0 Å². The number of cyclic esters (lactones) is 1. The first-order chi connectivity index (χ1) is 16.3. The summed E-state index contributed by atoms with van der Waals surface area (Å²) in [4.78, 5) is 26.3. The molecule has 10 heteroatoms. The van der Waals surface area contributed by atoms with E-state index in [9.17, 15) is 18.0 Å². The van der Waals surface area contributed by atoms with Crippen LogP contribution in [0.3, 0.4) is 0 Å². The van der Waals surface area contributed by atoms with Crippen LogP contribution in [-0.2, 0) is 14.8 Å². The number of ether oxygens (including phenoxy) is 2. The molecule has 4 rings (SSSR count). The molecule has 1 saturated heterocycles. The number of amides is 2. The Bertz CT molecular complexity index is 1340. The van der Waals surface area contributed by atoms with Gasteiger partial charge in [0.15, 0.2) is 0 Å². The number of rotatable bonds is 7. The molecule has 34 heavy (non-hydrogen) atoms. The molecule has 0 spiro atoms. The van der Waals surface area contributed by atoms with Crippen molar-refractivity contribution in [2.75, 3.05) is 35.2 Å². The van der Waals surface area contributed by atoms with Crippen molar-refractivity contribution in [1.82, 2.24) is 0 Å². The number of anilines is 3. The summed E-state index contributed by atoms with van der Waals surface area (Å²) in [5.41, 5.74) is 2.35. The Morgan fingerprint density at radius 1 is 1.06 bits per heavy atom. The molecule has 0 radical (unpaired) electrons. The predicted octanol–water partition coefficient (Wildman–Crippen LogP) is 4.01. The first-order valence-electron chi connectivity index (χ1n) is 10.4. The van der Waals surface area contributed by atoms with E-state index in [2.05, 4.69) is 10.0 Å². The van der Waals surface area contributed by atoms with Crippen LogP contribution in [0.5, 0.6) is 5.75 Å². The fraction of sp³-hybridized carbons (Fsp3) is 0.167. The van der Waals surface area contributed by atoms with E-state index in [0.29, 0.717) is 23.6 Å². The minimum Gasteiger partial charge on any atom is -0.495 e. The zero-order chi connectivity index (χ0) is 24.3. The van der Waals surface area contributed by atoms with E-state index in [1.165, 1.54) is 30.2 Å². The van der Waals surface area contributed by atoms with Gasteiger partial charge < -0.3 is 14.8 Å². The van der Waals surface area contributed by atoms with Crippen molar-refractivity contribution >= 4 is 39.1 Å². The molecule has 3 aromatic rings. The highest BCUT2D eigenvalue weighted by Crippen LogP contribution is 2.30. The number of para-hydroxylation sites is 2. The van der Waals surface area contributed by atoms with Crippen LogP contribution in [0.1, 0.15) is 15.9 Å². The van der Waals surface area contributed by atoms with Crippen molar-refractivity contribution in [2.45, 2.75) is 11.8 Å². The summed E-state index contributed by atoms with van der Waals surface area (Å²) in [5.74, 6) is -0.453. The molecular weight excluding hydrogens is 458 g/mol. The Hall–Kier alpha value is -4.05. The second-order valence-electron chi connectivity index (χ2n) is 7.57. The Morgan fingerprint density at radius 2 is 1.79 bits per heavy atom. The van der Waals surface area contributed by atoms with E-state index in [0.717, 1.165) is 5.56 Å². The van der Waals surface area contributed by atoms with Crippen molar-refractivity contribution in [3.63, 3.8) is 0 Å². The molecule has 176 valence electrons. The van der Waals surface area contributed by atoms with Crippen LogP contribution in [0.4, 0.5) is 21.9 Å². The number of sulfonamides is 1. The largest absolute Gasteiger partial charge is 0.495 e. The van der Waals surface area contributed by atoms with E-state index in [-0.39, 0.29) is 22.8 Å². The Morgan fingerprint density at radius 3 is 2.47 bits per heavy atom. The topological polar surface area (TPSA) is 114 Å². The number of carbonyl (C=O) groups is 2. The molecule has 1 fully saturated rings. The maximum atomic E-state index is 13.1. The van der Waals surface area contributed by atoms with E-state index in [4.69, 9.17) is 9.47 Å². The number of nitrogens with zero attached hydrogens (tertiary/aromatic N) is 1. The molecular formula is C24H23N3O6S. The standard InChI is InChI=1S/C24H23N3O6S/c1-16-7-10-18(11-8-16)26-34(30,31)22-15-17(9-12-21(22)32-2)23(28)25-19-5-3-4-6-20(19)27-13-14-33-24(27)29/h3-12,15,26H,13-14H2,1-2H3,(H,25,28). The maximum absolute atomic E-state index is 13.1. The van der Waals surface area contributed by atoms with Crippen molar-refractivity contribution < 1.29 is 27.5 Å². The van der Waals surface area contributed by atoms with Gasteiger partial charge in [0, 0.05) is 11.3 Å². The number of nitrogens with one attached hydrogen (secondary N) is 2. The van der Waals surface area contributed by atoms with Gasteiger partial charge in [-0.3, -0.25) is 14.4 Å². The van der Waals surface area contributed by atoms with E-state index >= 15 is 0 Å². The summed E-state index contributed by atoms with van der Waals surface area (Å²) < 4.78 is 38.9. The van der Waals surface area contributed by atoms with Gasteiger partial charge in [-0.1, -0.05) is 29.8 Å². The average molecular weight is 482 g/mol. The van der Waals surface area contributed by atoms with Crippen molar-refractivity contribution in [3.8, 4) is 5.75 Å². The van der Waals surface area contributed by atoms with Gasteiger partial charge in [0.25, 0.3) is 15.9 Å². The molecule has 0 unspecified atom stereocenters. The summed E-state index contributed by atoms with van der Waals surface area (Å²) in [6, 6.07) is 17.8. The number of aryl methyl sites for hydroxylation is 1. The van der Waals surface area contributed by atoms with E-state index in [1.54, 1.807) is 48.5 Å². The van der Waals surface area contributed by atoms with Crippen LogP contribution >= 0.6 is 0 Å². The zero-order valence-corrected chi connectivity index (χ0v) is 19.4. The molecule has 1 heterocycles. The third kappa shape index (κ3) is 4.81. The van der Waals surface area contributed by atoms with Gasteiger partial charge in [-0.15, -0.1) is 0 Å². The summed E-state index contributed by atoms with van der Waals surface area (Å²) in [5, 5.41) is 2.75. The SMILES string of the molecule is COc1ccc(C(=O)Nc2ccccc2N2CCOC2=O)cc1S(=O)(=O)Nc1ccc(C)cc1. The Balaban J connectivity index is 1.62. The highest BCUT2D eigenvalue weighted by molar-refractivity contribution is 7.92. The Kier molecular flexibility index (Phi) is 6.42. The van der Waals surface area contributed by atoms with Crippen LogP contribution in [0.15, 0.2) is 71.6 Å². The van der Waals surface area contributed by atoms with Crippen LogP contribution in [0.25, 0.3) is 0 Å². The summed E-state index contributed by atoms with van der Waals surface area (Å²) >= 11 is 0. The first-order valence-corrected chi connectivity index (χ1v) is 11.9. The fourth-order valence-electron chi connectivity index (χ4n) is 3.48. The third-order valence-corrected chi connectivity index (χ3v) is 6.63. The molecule has 0 atom stereocenters. The molecule has 1 aliphatic heterocycles. The molecule has 3 aromatic carbocycles. The Labute approximate surface area is 197 Å².